The first-order valence-corrected chi connectivity index (χ1v) is 9.30. The predicted molar refractivity (Wildman–Crippen MR) is 105 cm³/mol. The molecule has 2 saturated carbocycles. The van der Waals surface area contributed by atoms with Crippen molar-refractivity contribution in [3.63, 3.8) is 0 Å². The number of hydrogen-bond donors (Lipinski definition) is 2. The number of nitrogens with one attached hydrogen (secondary N) is 1. The highest BCUT2D eigenvalue weighted by Crippen LogP contribution is 2.39. The van der Waals surface area contributed by atoms with Gasteiger partial charge in [-0.25, -0.2) is 4.68 Å². The molecule has 1 heterocycles. The maximum atomic E-state index is 12.9. The molecule has 5 nitrogen and oxygen atoms in total. The van der Waals surface area contributed by atoms with Crippen molar-refractivity contribution in [3.8, 4) is 5.69 Å². The molecular weight excluding hydrogens is 348 g/mol. The normalized spacial score (nSPS) is 27.5. The van der Waals surface area contributed by atoms with E-state index in [0.717, 1.165) is 24.2 Å². The molecule has 0 aliphatic heterocycles. The molecule has 2 bridgehead atoms. The third kappa shape index (κ3) is 3.51. The highest BCUT2D eigenvalue weighted by Gasteiger charge is 2.40. The SMILES string of the molecule is Cc1c(C(=O)NC2C3CCCC2CC(N)C3)cnn1-c1ccccc1.Cl. The van der Waals surface area contributed by atoms with E-state index in [1.54, 1.807) is 6.20 Å². The van der Waals surface area contributed by atoms with Crippen LogP contribution in [0.2, 0.25) is 0 Å². The number of benzene rings is 1. The van der Waals surface area contributed by atoms with Gasteiger partial charge in [0.25, 0.3) is 5.91 Å². The summed E-state index contributed by atoms with van der Waals surface area (Å²) in [4.78, 5) is 12.9. The van der Waals surface area contributed by atoms with E-state index in [4.69, 9.17) is 5.73 Å². The molecule has 1 amide bonds. The molecule has 3 N–H and O–H groups in total. The zero-order chi connectivity index (χ0) is 17.4. The van der Waals surface area contributed by atoms with Crippen LogP contribution in [-0.4, -0.2) is 27.8 Å². The maximum absolute atomic E-state index is 12.9. The van der Waals surface area contributed by atoms with E-state index in [9.17, 15) is 4.79 Å². The fourth-order valence-electron chi connectivity index (χ4n) is 4.72. The lowest BCUT2D eigenvalue weighted by Gasteiger charge is -2.45. The fraction of sp³-hybridized carbons (Fsp3) is 0.500. The largest absolute Gasteiger partial charge is 0.349 e. The zero-order valence-corrected chi connectivity index (χ0v) is 15.9. The van der Waals surface area contributed by atoms with Crippen molar-refractivity contribution in [1.29, 1.82) is 0 Å². The highest BCUT2D eigenvalue weighted by molar-refractivity contribution is 5.95. The number of halogens is 1. The minimum atomic E-state index is -0.00273. The summed E-state index contributed by atoms with van der Waals surface area (Å²) in [7, 11) is 0. The molecule has 0 radical (unpaired) electrons. The molecular formula is C20H27ClN4O. The van der Waals surface area contributed by atoms with Gasteiger partial charge in [0.1, 0.15) is 0 Å². The number of amides is 1. The second kappa shape index (κ2) is 7.80. The van der Waals surface area contributed by atoms with Crippen LogP contribution in [0.25, 0.3) is 5.69 Å². The minimum Gasteiger partial charge on any atom is -0.349 e. The molecule has 2 aliphatic carbocycles. The summed E-state index contributed by atoms with van der Waals surface area (Å²) in [5, 5.41) is 7.74. The van der Waals surface area contributed by atoms with Gasteiger partial charge in [-0.1, -0.05) is 24.6 Å². The molecule has 0 spiro atoms. The Kier molecular flexibility index (Phi) is 5.68. The highest BCUT2D eigenvalue weighted by atomic mass is 35.5. The monoisotopic (exact) mass is 374 g/mol. The average molecular weight is 375 g/mol. The van der Waals surface area contributed by atoms with E-state index in [0.29, 0.717) is 23.4 Å². The molecule has 6 heteroatoms. The molecule has 2 unspecified atom stereocenters. The molecule has 1 aromatic carbocycles. The van der Waals surface area contributed by atoms with Gasteiger partial charge in [-0.05, 0) is 56.6 Å². The van der Waals surface area contributed by atoms with Crippen molar-refractivity contribution in [2.45, 2.75) is 51.1 Å². The summed E-state index contributed by atoms with van der Waals surface area (Å²) in [5.74, 6) is 1.05. The summed E-state index contributed by atoms with van der Waals surface area (Å²) in [5.41, 5.74) is 8.71. The summed E-state index contributed by atoms with van der Waals surface area (Å²) in [6.07, 6.45) is 7.36. The van der Waals surface area contributed by atoms with Gasteiger partial charge >= 0.3 is 0 Å². The van der Waals surface area contributed by atoms with Crippen LogP contribution in [0.3, 0.4) is 0 Å². The number of nitrogens with two attached hydrogens (primary N) is 1. The smallest absolute Gasteiger partial charge is 0.254 e. The van der Waals surface area contributed by atoms with Gasteiger partial charge in [-0.2, -0.15) is 5.10 Å². The zero-order valence-electron chi connectivity index (χ0n) is 15.1. The first-order chi connectivity index (χ1) is 12.1. The van der Waals surface area contributed by atoms with E-state index in [-0.39, 0.29) is 24.4 Å². The number of carbonyl (C=O) groups excluding carboxylic acids is 1. The van der Waals surface area contributed by atoms with Crippen molar-refractivity contribution in [2.75, 3.05) is 0 Å². The molecule has 2 aromatic rings. The van der Waals surface area contributed by atoms with Crippen LogP contribution in [-0.2, 0) is 0 Å². The standard InChI is InChI=1S/C20H26N4O.ClH/c1-13-18(12-22-24(13)17-8-3-2-4-9-17)20(25)23-19-14-6-5-7-15(19)11-16(21)10-14;/h2-4,8-9,12,14-16,19H,5-7,10-11,21H2,1H3,(H,23,25);1H. The molecule has 0 saturated heterocycles. The molecule has 2 atom stereocenters. The number of hydrogen-bond acceptors (Lipinski definition) is 3. The van der Waals surface area contributed by atoms with Gasteiger partial charge in [0, 0.05) is 12.1 Å². The van der Waals surface area contributed by atoms with Crippen molar-refractivity contribution in [2.24, 2.45) is 17.6 Å². The molecule has 140 valence electrons. The molecule has 26 heavy (non-hydrogen) atoms. The van der Waals surface area contributed by atoms with Gasteiger partial charge in [0.05, 0.1) is 23.1 Å². The van der Waals surface area contributed by atoms with Crippen LogP contribution in [0.4, 0.5) is 0 Å². The van der Waals surface area contributed by atoms with Crippen molar-refractivity contribution < 1.29 is 4.79 Å². The van der Waals surface area contributed by atoms with Crippen LogP contribution in [0, 0.1) is 18.8 Å². The molecule has 2 fully saturated rings. The third-order valence-electron chi connectivity index (χ3n) is 5.93. The van der Waals surface area contributed by atoms with Crippen LogP contribution in [0.5, 0.6) is 0 Å². The number of carbonyl (C=O) groups is 1. The van der Waals surface area contributed by atoms with Crippen molar-refractivity contribution in [3.05, 3.63) is 47.8 Å². The van der Waals surface area contributed by atoms with Gasteiger partial charge in [-0.15, -0.1) is 12.4 Å². The second-order valence-corrected chi connectivity index (χ2v) is 7.57. The molecule has 2 aliphatic rings. The van der Waals surface area contributed by atoms with E-state index in [1.165, 1.54) is 19.3 Å². The fourth-order valence-corrected chi connectivity index (χ4v) is 4.72. The number of fused-ring (bicyclic) bond motifs is 2. The van der Waals surface area contributed by atoms with Crippen LogP contribution < -0.4 is 11.1 Å². The van der Waals surface area contributed by atoms with Gasteiger partial charge in [0.15, 0.2) is 0 Å². The Hall–Kier alpha value is -1.85. The Morgan fingerprint density at radius 1 is 1.19 bits per heavy atom. The quantitative estimate of drug-likeness (QED) is 0.866. The Balaban J connectivity index is 0.00000196. The predicted octanol–water partition coefficient (Wildman–Crippen LogP) is 3.24. The second-order valence-electron chi connectivity index (χ2n) is 7.57. The van der Waals surface area contributed by atoms with Crippen molar-refractivity contribution in [1.82, 2.24) is 15.1 Å². The van der Waals surface area contributed by atoms with Gasteiger partial charge in [0.2, 0.25) is 0 Å². The lowest BCUT2D eigenvalue weighted by Crippen LogP contribution is -2.53. The Morgan fingerprint density at radius 2 is 1.85 bits per heavy atom. The number of aromatic nitrogens is 2. The summed E-state index contributed by atoms with van der Waals surface area (Å²) in [6.45, 7) is 1.95. The summed E-state index contributed by atoms with van der Waals surface area (Å²) < 4.78 is 1.83. The minimum absolute atomic E-state index is 0. The first-order valence-electron chi connectivity index (χ1n) is 9.30. The third-order valence-corrected chi connectivity index (χ3v) is 5.93. The Labute approximate surface area is 160 Å². The van der Waals surface area contributed by atoms with Crippen LogP contribution >= 0.6 is 12.4 Å². The summed E-state index contributed by atoms with van der Waals surface area (Å²) >= 11 is 0. The number of rotatable bonds is 3. The van der Waals surface area contributed by atoms with Crippen LogP contribution in [0.1, 0.15) is 48.2 Å². The molecule has 1 aromatic heterocycles. The maximum Gasteiger partial charge on any atom is 0.254 e. The summed E-state index contributed by atoms with van der Waals surface area (Å²) in [6, 6.07) is 10.5. The first kappa shape index (κ1) is 18.9. The lowest BCUT2D eigenvalue weighted by atomic mass is 9.67. The topological polar surface area (TPSA) is 72.9 Å². The number of nitrogens with zero attached hydrogens (tertiary/aromatic N) is 2. The Morgan fingerprint density at radius 3 is 2.50 bits per heavy atom. The van der Waals surface area contributed by atoms with Crippen LogP contribution in [0.15, 0.2) is 36.5 Å². The van der Waals surface area contributed by atoms with E-state index < -0.39 is 0 Å². The van der Waals surface area contributed by atoms with Gasteiger partial charge in [-0.3, -0.25) is 4.79 Å². The Bertz CT molecular complexity index is 746. The average Bonchev–Trinajstić information content (AvgIpc) is 2.98. The number of para-hydroxylation sites is 1. The lowest BCUT2D eigenvalue weighted by molar-refractivity contribution is 0.0755. The van der Waals surface area contributed by atoms with E-state index >= 15 is 0 Å². The molecule has 4 rings (SSSR count). The van der Waals surface area contributed by atoms with E-state index in [1.807, 2.05) is 41.9 Å². The van der Waals surface area contributed by atoms with E-state index in [2.05, 4.69) is 10.4 Å². The van der Waals surface area contributed by atoms with Crippen molar-refractivity contribution >= 4 is 18.3 Å². The van der Waals surface area contributed by atoms with Gasteiger partial charge < -0.3 is 11.1 Å².